The van der Waals surface area contributed by atoms with Crippen molar-refractivity contribution < 1.29 is 19.5 Å². The summed E-state index contributed by atoms with van der Waals surface area (Å²) in [5.74, 6) is -0.738. The zero-order chi connectivity index (χ0) is 33.4. The standard InChI is InChI=1S/C37H48N4O4S/c1-26(25-37(2,3)38)22-34(43)39(4)32(23-27-13-15-29(16-14-27)28-10-7-6-8-11-28)35(44)40(5)33(24-31-12-9-21-46-31)36(45)41-19-17-30(42)18-20-41/h6-16,21-22,30,32-33,42H,17-20,23-25,38H2,1-5H3/b26-22+/t32-,33-/m1/s1. The number of aliphatic hydroxyl groups is 1. The molecule has 0 unspecified atom stereocenters. The number of nitrogens with zero attached hydrogens (tertiary/aromatic N) is 3. The van der Waals surface area contributed by atoms with Crippen LogP contribution >= 0.6 is 11.3 Å². The first-order valence-electron chi connectivity index (χ1n) is 16.0. The van der Waals surface area contributed by atoms with Gasteiger partial charge in [-0.1, -0.05) is 66.2 Å². The van der Waals surface area contributed by atoms with Crippen LogP contribution in [0.25, 0.3) is 11.1 Å². The minimum absolute atomic E-state index is 0.142. The fourth-order valence-corrected chi connectivity index (χ4v) is 6.75. The fraction of sp³-hybridized carbons (Fsp3) is 0.432. The lowest BCUT2D eigenvalue weighted by Crippen LogP contribution is -2.57. The molecule has 46 heavy (non-hydrogen) atoms. The molecule has 4 rings (SSSR count). The number of amides is 3. The Morgan fingerprint density at radius 1 is 0.935 bits per heavy atom. The van der Waals surface area contributed by atoms with Crippen molar-refractivity contribution in [1.29, 1.82) is 0 Å². The van der Waals surface area contributed by atoms with Crippen molar-refractivity contribution in [1.82, 2.24) is 14.7 Å². The van der Waals surface area contributed by atoms with Gasteiger partial charge in [0.1, 0.15) is 12.1 Å². The lowest BCUT2D eigenvalue weighted by molar-refractivity contribution is -0.150. The van der Waals surface area contributed by atoms with E-state index in [4.69, 9.17) is 5.73 Å². The molecule has 9 heteroatoms. The Morgan fingerprint density at radius 2 is 1.57 bits per heavy atom. The first-order chi connectivity index (χ1) is 21.8. The molecule has 246 valence electrons. The number of nitrogens with two attached hydrogens (primary N) is 1. The van der Waals surface area contributed by atoms with E-state index in [1.807, 2.05) is 92.9 Å². The maximum absolute atomic E-state index is 14.5. The fourth-order valence-electron chi connectivity index (χ4n) is 6.01. The summed E-state index contributed by atoms with van der Waals surface area (Å²) in [5.41, 5.74) is 9.61. The summed E-state index contributed by atoms with van der Waals surface area (Å²) in [6.07, 6.45) is 3.36. The number of carbonyl (C=O) groups is 3. The maximum Gasteiger partial charge on any atom is 0.246 e. The van der Waals surface area contributed by atoms with E-state index in [9.17, 15) is 19.5 Å². The Morgan fingerprint density at radius 3 is 2.15 bits per heavy atom. The zero-order valence-electron chi connectivity index (χ0n) is 27.7. The van der Waals surface area contributed by atoms with Crippen molar-refractivity contribution in [2.75, 3.05) is 27.2 Å². The van der Waals surface area contributed by atoms with Gasteiger partial charge in [-0.15, -0.1) is 11.3 Å². The smallest absolute Gasteiger partial charge is 0.246 e. The average molecular weight is 645 g/mol. The Hall–Kier alpha value is -3.79. The number of carbonyl (C=O) groups excluding carboxylic acids is 3. The summed E-state index contributed by atoms with van der Waals surface area (Å²) >= 11 is 1.55. The average Bonchev–Trinajstić information content (AvgIpc) is 3.55. The highest BCUT2D eigenvalue weighted by Crippen LogP contribution is 2.23. The highest BCUT2D eigenvalue weighted by atomic mass is 32.1. The van der Waals surface area contributed by atoms with E-state index < -0.39 is 23.7 Å². The van der Waals surface area contributed by atoms with Crippen LogP contribution in [0.4, 0.5) is 0 Å². The SMILES string of the molecule is C/C(=C\C(=O)N(C)[C@H](Cc1ccc(-c2ccccc2)cc1)C(=O)N(C)[C@H](Cc1cccs1)C(=O)N1CCC(O)CC1)CC(C)(C)N. The molecule has 2 aromatic carbocycles. The second-order valence-corrected chi connectivity index (χ2v) is 14.2. The van der Waals surface area contributed by atoms with Crippen molar-refractivity contribution in [3.63, 3.8) is 0 Å². The molecule has 1 fully saturated rings. The van der Waals surface area contributed by atoms with E-state index in [0.29, 0.717) is 38.8 Å². The third-order valence-corrected chi connectivity index (χ3v) is 9.44. The number of thiophene rings is 1. The molecule has 0 bridgehead atoms. The summed E-state index contributed by atoms with van der Waals surface area (Å²) in [7, 11) is 3.32. The number of hydrogen-bond donors (Lipinski definition) is 2. The number of piperidine rings is 1. The van der Waals surface area contributed by atoms with Gasteiger partial charge in [0.15, 0.2) is 0 Å². The second kappa shape index (κ2) is 15.7. The van der Waals surface area contributed by atoms with Gasteiger partial charge in [0.2, 0.25) is 17.7 Å². The first kappa shape index (κ1) is 35.1. The molecule has 2 atom stereocenters. The normalized spacial score (nSPS) is 15.7. The lowest BCUT2D eigenvalue weighted by Gasteiger charge is -2.38. The number of rotatable bonds is 12. The maximum atomic E-state index is 14.5. The zero-order valence-corrected chi connectivity index (χ0v) is 28.5. The Bertz CT molecular complexity index is 1470. The first-order valence-corrected chi connectivity index (χ1v) is 16.8. The summed E-state index contributed by atoms with van der Waals surface area (Å²) < 4.78 is 0. The summed E-state index contributed by atoms with van der Waals surface area (Å²) in [5, 5.41) is 12.0. The van der Waals surface area contributed by atoms with Crippen molar-refractivity contribution in [3.05, 3.63) is 94.2 Å². The van der Waals surface area contributed by atoms with E-state index in [2.05, 4.69) is 0 Å². The topological polar surface area (TPSA) is 107 Å². The summed E-state index contributed by atoms with van der Waals surface area (Å²) in [6.45, 7) is 6.58. The molecule has 1 saturated heterocycles. The molecule has 0 aliphatic carbocycles. The van der Waals surface area contributed by atoms with E-state index in [1.165, 1.54) is 9.80 Å². The van der Waals surface area contributed by atoms with Crippen LogP contribution in [0, 0.1) is 0 Å². The highest BCUT2D eigenvalue weighted by Gasteiger charge is 2.37. The number of hydrogen-bond acceptors (Lipinski definition) is 6. The van der Waals surface area contributed by atoms with Crippen LogP contribution in [-0.4, -0.2) is 88.4 Å². The minimum atomic E-state index is -0.850. The summed E-state index contributed by atoms with van der Waals surface area (Å²) in [4.78, 5) is 47.8. The van der Waals surface area contributed by atoms with Crippen LogP contribution in [0.3, 0.4) is 0 Å². The second-order valence-electron chi connectivity index (χ2n) is 13.2. The molecule has 1 aliphatic heterocycles. The molecule has 2 heterocycles. The van der Waals surface area contributed by atoms with Gasteiger partial charge >= 0.3 is 0 Å². The monoisotopic (exact) mass is 644 g/mol. The van der Waals surface area contributed by atoms with E-state index >= 15 is 0 Å². The van der Waals surface area contributed by atoms with Crippen LogP contribution in [-0.2, 0) is 27.2 Å². The van der Waals surface area contributed by atoms with Gasteiger partial charge in [-0.2, -0.15) is 0 Å². The summed E-state index contributed by atoms with van der Waals surface area (Å²) in [6, 6.07) is 20.4. The van der Waals surface area contributed by atoms with Gasteiger partial charge < -0.3 is 25.5 Å². The Balaban J connectivity index is 1.64. The number of benzene rings is 2. The predicted molar refractivity (Wildman–Crippen MR) is 185 cm³/mol. The molecule has 1 aromatic heterocycles. The van der Waals surface area contributed by atoms with Gasteiger partial charge in [-0.3, -0.25) is 14.4 Å². The molecule has 0 radical (unpaired) electrons. The van der Waals surface area contributed by atoms with Gasteiger partial charge in [0.25, 0.3) is 0 Å². The molecule has 3 aromatic rings. The number of likely N-dealkylation sites (N-methyl/N-ethyl adjacent to an activating group) is 2. The van der Waals surface area contributed by atoms with Crippen molar-refractivity contribution in [2.24, 2.45) is 5.73 Å². The third kappa shape index (κ3) is 9.61. The van der Waals surface area contributed by atoms with E-state index in [0.717, 1.165) is 27.1 Å². The third-order valence-electron chi connectivity index (χ3n) is 8.55. The van der Waals surface area contributed by atoms with Crippen LogP contribution in [0.5, 0.6) is 0 Å². The Labute approximate surface area is 277 Å². The number of aliphatic hydroxyl groups excluding tert-OH is 1. The van der Waals surface area contributed by atoms with Crippen molar-refractivity contribution >= 4 is 29.1 Å². The Kier molecular flexibility index (Phi) is 11.9. The van der Waals surface area contributed by atoms with Crippen LogP contribution in [0.15, 0.2) is 83.8 Å². The van der Waals surface area contributed by atoms with Gasteiger partial charge in [0.05, 0.1) is 6.10 Å². The van der Waals surface area contributed by atoms with Gasteiger partial charge in [-0.25, -0.2) is 0 Å². The van der Waals surface area contributed by atoms with E-state index in [-0.39, 0.29) is 24.1 Å². The van der Waals surface area contributed by atoms with Crippen LogP contribution in [0.2, 0.25) is 0 Å². The van der Waals surface area contributed by atoms with Crippen LogP contribution < -0.4 is 5.73 Å². The molecule has 1 aliphatic rings. The molecule has 3 amide bonds. The van der Waals surface area contributed by atoms with Crippen molar-refractivity contribution in [2.45, 2.75) is 76.6 Å². The molecule has 3 N–H and O–H groups in total. The molecule has 8 nitrogen and oxygen atoms in total. The molecular weight excluding hydrogens is 596 g/mol. The predicted octanol–water partition coefficient (Wildman–Crippen LogP) is 4.91. The molecule has 0 spiro atoms. The van der Waals surface area contributed by atoms with Crippen LogP contribution in [0.1, 0.15) is 50.5 Å². The largest absolute Gasteiger partial charge is 0.393 e. The van der Waals surface area contributed by atoms with Gasteiger partial charge in [-0.05, 0) is 68.2 Å². The minimum Gasteiger partial charge on any atom is -0.393 e. The van der Waals surface area contributed by atoms with Crippen molar-refractivity contribution in [3.8, 4) is 11.1 Å². The number of likely N-dealkylation sites (tertiary alicyclic amines) is 1. The van der Waals surface area contributed by atoms with E-state index in [1.54, 1.807) is 36.4 Å². The highest BCUT2D eigenvalue weighted by molar-refractivity contribution is 7.09. The quantitative estimate of drug-likeness (QED) is 0.273. The molecular formula is C37H48N4O4S. The molecule has 0 saturated carbocycles. The van der Waals surface area contributed by atoms with Gasteiger partial charge in [0, 0.05) is 56.5 Å². The lowest BCUT2D eigenvalue weighted by atomic mass is 9.96.